The summed E-state index contributed by atoms with van der Waals surface area (Å²) in [6.45, 7) is 1.81. The van der Waals surface area contributed by atoms with Gasteiger partial charge in [0.1, 0.15) is 11.5 Å². The van der Waals surface area contributed by atoms with Gasteiger partial charge in [0, 0.05) is 38.8 Å². The van der Waals surface area contributed by atoms with E-state index in [-0.39, 0.29) is 43.7 Å². The van der Waals surface area contributed by atoms with Crippen molar-refractivity contribution in [1.82, 2.24) is 19.8 Å². The van der Waals surface area contributed by atoms with E-state index in [0.717, 1.165) is 18.9 Å². The van der Waals surface area contributed by atoms with Crippen LogP contribution < -0.4 is 5.32 Å². The van der Waals surface area contributed by atoms with Crippen LogP contribution in [0.15, 0.2) is 6.20 Å². The quantitative estimate of drug-likeness (QED) is 0.784. The minimum Gasteiger partial charge on any atom is -0.365 e. The summed E-state index contributed by atoms with van der Waals surface area (Å²) in [5.41, 5.74) is 0.208. The zero-order valence-corrected chi connectivity index (χ0v) is 14.3. The maximum atomic E-state index is 12.7. The highest BCUT2D eigenvalue weighted by Crippen LogP contribution is 2.26. The van der Waals surface area contributed by atoms with Crippen LogP contribution in [-0.4, -0.2) is 65.4 Å². The van der Waals surface area contributed by atoms with Gasteiger partial charge in [-0.25, -0.2) is 4.98 Å². The number of fused-ring (bicyclic) bond motifs is 1. The van der Waals surface area contributed by atoms with E-state index >= 15 is 0 Å². The molecule has 1 N–H and O–H groups in total. The Morgan fingerprint density at radius 1 is 1.29 bits per heavy atom. The smallest absolute Gasteiger partial charge is 0.365 e. The highest BCUT2D eigenvalue weighted by Gasteiger charge is 2.44. The van der Waals surface area contributed by atoms with Crippen molar-refractivity contribution in [1.29, 1.82) is 0 Å². The summed E-state index contributed by atoms with van der Waals surface area (Å²) in [7, 11) is 0. The molecule has 1 amide bonds. The number of nitrogens with zero attached hydrogens (tertiary/aromatic N) is 3. The molecule has 0 saturated carbocycles. The van der Waals surface area contributed by atoms with E-state index in [9.17, 15) is 18.0 Å². The molecule has 0 spiro atoms. The fraction of sp³-hybridized carbons (Fsp3) is 0.692. The summed E-state index contributed by atoms with van der Waals surface area (Å²) in [4.78, 5) is 17.8. The number of aromatic nitrogens is 2. The van der Waals surface area contributed by atoms with Crippen LogP contribution in [0.25, 0.3) is 0 Å². The van der Waals surface area contributed by atoms with E-state index in [1.807, 2.05) is 4.57 Å². The van der Waals surface area contributed by atoms with E-state index < -0.39 is 24.7 Å². The second-order valence-corrected chi connectivity index (χ2v) is 5.39. The van der Waals surface area contributed by atoms with Gasteiger partial charge in [-0.3, -0.25) is 4.79 Å². The first-order valence-corrected chi connectivity index (χ1v) is 7.19. The molecule has 2 aliphatic heterocycles. The predicted molar refractivity (Wildman–Crippen MR) is 85.0 cm³/mol. The van der Waals surface area contributed by atoms with Crippen molar-refractivity contribution in [3.63, 3.8) is 0 Å². The lowest BCUT2D eigenvalue weighted by molar-refractivity contribution is -0.233. The van der Waals surface area contributed by atoms with Gasteiger partial charge in [-0.15, -0.1) is 24.8 Å². The van der Waals surface area contributed by atoms with Gasteiger partial charge in [0.25, 0.3) is 5.91 Å². The van der Waals surface area contributed by atoms with Crippen molar-refractivity contribution >= 4 is 30.7 Å². The maximum absolute atomic E-state index is 12.7. The van der Waals surface area contributed by atoms with Gasteiger partial charge < -0.3 is 19.5 Å². The number of rotatable bonds is 1. The highest BCUT2D eigenvalue weighted by molar-refractivity contribution is 5.92. The Hall–Kier alpha value is -1.03. The summed E-state index contributed by atoms with van der Waals surface area (Å²) in [5, 5.41) is 3.22. The van der Waals surface area contributed by atoms with Crippen LogP contribution in [0.2, 0.25) is 0 Å². The molecule has 1 aromatic heterocycles. The monoisotopic (exact) mass is 390 g/mol. The van der Waals surface area contributed by atoms with Crippen molar-refractivity contribution in [2.24, 2.45) is 0 Å². The van der Waals surface area contributed by atoms with Crippen LogP contribution in [0.4, 0.5) is 13.2 Å². The summed E-state index contributed by atoms with van der Waals surface area (Å²) in [6.07, 6.45) is -4.06. The Morgan fingerprint density at radius 3 is 2.75 bits per heavy atom. The lowest BCUT2D eigenvalue weighted by atomic mass is 10.2. The van der Waals surface area contributed by atoms with Crippen LogP contribution in [0.5, 0.6) is 0 Å². The number of hydrogen-bond acceptors (Lipinski definition) is 4. The molecule has 6 nitrogen and oxygen atoms in total. The second kappa shape index (κ2) is 8.37. The van der Waals surface area contributed by atoms with Crippen molar-refractivity contribution in [3.05, 3.63) is 17.7 Å². The molecule has 1 aromatic rings. The molecule has 1 saturated heterocycles. The first kappa shape index (κ1) is 21.0. The number of halogens is 5. The first-order chi connectivity index (χ1) is 10.4. The summed E-state index contributed by atoms with van der Waals surface area (Å²) in [6, 6.07) is 0. The summed E-state index contributed by atoms with van der Waals surface area (Å²) in [5.74, 6) is 0.320. The molecular formula is C13H19Cl2F3N4O2. The number of amides is 1. The third kappa shape index (κ3) is 4.53. The van der Waals surface area contributed by atoms with Crippen LogP contribution in [0, 0.1) is 0 Å². The Morgan fingerprint density at radius 2 is 2.04 bits per heavy atom. The number of nitrogens with one attached hydrogen (secondary N) is 1. The number of hydrogen-bond donors (Lipinski definition) is 1. The maximum Gasteiger partial charge on any atom is 0.416 e. The van der Waals surface area contributed by atoms with Gasteiger partial charge >= 0.3 is 6.18 Å². The van der Waals surface area contributed by atoms with Crippen molar-refractivity contribution in [2.45, 2.75) is 25.2 Å². The minimum atomic E-state index is -4.46. The van der Waals surface area contributed by atoms with E-state index in [0.29, 0.717) is 13.0 Å². The lowest BCUT2D eigenvalue weighted by Crippen LogP contribution is -2.51. The Bertz CT molecular complexity index is 544. The summed E-state index contributed by atoms with van der Waals surface area (Å²) < 4.78 is 44.8. The van der Waals surface area contributed by atoms with Gasteiger partial charge in [-0.1, -0.05) is 0 Å². The van der Waals surface area contributed by atoms with Gasteiger partial charge in [-0.2, -0.15) is 13.2 Å². The van der Waals surface area contributed by atoms with Crippen LogP contribution in [-0.2, 0) is 17.7 Å². The molecule has 0 radical (unpaired) electrons. The number of ether oxygens (including phenoxy) is 1. The molecule has 2 aliphatic rings. The van der Waals surface area contributed by atoms with E-state index in [4.69, 9.17) is 4.74 Å². The molecule has 3 heterocycles. The Balaban J connectivity index is 0.00000144. The van der Waals surface area contributed by atoms with E-state index in [1.165, 1.54) is 4.90 Å². The van der Waals surface area contributed by atoms with Crippen LogP contribution >= 0.6 is 24.8 Å². The number of morpholine rings is 1. The number of carbonyl (C=O) groups excluding carboxylic acids is 1. The number of imidazole rings is 1. The van der Waals surface area contributed by atoms with Crippen molar-refractivity contribution in [3.8, 4) is 0 Å². The SMILES string of the molecule is Cl.Cl.O=C(c1cn2c(n1)CCNCC2)N1CCOC(C(F)(F)F)C1. The first-order valence-electron chi connectivity index (χ1n) is 7.19. The van der Waals surface area contributed by atoms with Gasteiger partial charge in [0.15, 0.2) is 6.10 Å². The molecular weight excluding hydrogens is 372 g/mol. The second-order valence-electron chi connectivity index (χ2n) is 5.39. The van der Waals surface area contributed by atoms with Crippen LogP contribution in [0.3, 0.4) is 0 Å². The topological polar surface area (TPSA) is 59.4 Å². The van der Waals surface area contributed by atoms with Gasteiger partial charge in [-0.05, 0) is 0 Å². The molecule has 1 fully saturated rings. The normalized spacial score (nSPS) is 21.1. The highest BCUT2D eigenvalue weighted by atomic mass is 35.5. The van der Waals surface area contributed by atoms with Crippen molar-refractivity contribution in [2.75, 3.05) is 32.8 Å². The standard InChI is InChI=1S/C13H17F3N4O2.2ClH/c14-13(15,16)10-8-20(5-6-22-10)12(21)9-7-19-4-3-17-2-1-11(19)18-9;;/h7,10,17H,1-6,8H2;2*1H. The number of alkyl halides is 3. The largest absolute Gasteiger partial charge is 0.416 e. The predicted octanol–water partition coefficient (Wildman–Crippen LogP) is 1.28. The molecule has 3 rings (SSSR count). The van der Waals surface area contributed by atoms with Gasteiger partial charge in [0.05, 0.1) is 13.2 Å². The van der Waals surface area contributed by atoms with E-state index in [2.05, 4.69) is 10.3 Å². The molecule has 24 heavy (non-hydrogen) atoms. The minimum absolute atomic E-state index is 0. The fourth-order valence-corrected chi connectivity index (χ4v) is 2.67. The third-order valence-electron chi connectivity index (χ3n) is 3.85. The van der Waals surface area contributed by atoms with Gasteiger partial charge in [0.2, 0.25) is 0 Å². The Kier molecular flexibility index (Phi) is 7.33. The molecule has 0 aliphatic carbocycles. The lowest BCUT2D eigenvalue weighted by Gasteiger charge is -2.33. The third-order valence-corrected chi connectivity index (χ3v) is 3.85. The molecule has 0 bridgehead atoms. The molecule has 11 heteroatoms. The number of carbonyl (C=O) groups is 1. The molecule has 1 atom stereocenters. The zero-order valence-electron chi connectivity index (χ0n) is 12.7. The van der Waals surface area contributed by atoms with Crippen LogP contribution in [0.1, 0.15) is 16.3 Å². The average Bonchev–Trinajstić information content (AvgIpc) is 2.77. The van der Waals surface area contributed by atoms with Crippen molar-refractivity contribution < 1.29 is 22.7 Å². The fourth-order valence-electron chi connectivity index (χ4n) is 2.67. The molecule has 0 aromatic carbocycles. The Labute approximate surface area is 149 Å². The van der Waals surface area contributed by atoms with E-state index in [1.54, 1.807) is 6.20 Å². The zero-order chi connectivity index (χ0) is 15.7. The summed E-state index contributed by atoms with van der Waals surface area (Å²) >= 11 is 0. The molecule has 1 unspecified atom stereocenters. The average molecular weight is 391 g/mol. The molecule has 138 valence electrons.